The van der Waals surface area contributed by atoms with E-state index in [0.29, 0.717) is 6.04 Å². The third-order valence-corrected chi connectivity index (χ3v) is 2.28. The second-order valence-electron chi connectivity index (χ2n) is 3.85. The van der Waals surface area contributed by atoms with Crippen LogP contribution in [0.4, 0.5) is 0 Å². The van der Waals surface area contributed by atoms with Gasteiger partial charge in [0.25, 0.3) is 0 Å². The van der Waals surface area contributed by atoms with Gasteiger partial charge in [-0.05, 0) is 34.1 Å². The molecule has 0 saturated heterocycles. The van der Waals surface area contributed by atoms with E-state index in [0.717, 1.165) is 6.42 Å². The molecule has 0 spiro atoms. The van der Waals surface area contributed by atoms with Gasteiger partial charge in [-0.2, -0.15) is 0 Å². The second kappa shape index (κ2) is 4.07. The zero-order chi connectivity index (χ0) is 9.07. The average Bonchev–Trinajstić information content (AvgIpc) is 1.86. The predicted octanol–water partition coefficient (Wildman–Crippen LogP) is 1.53. The molecular weight excluding hydrogens is 138 g/mol. The van der Waals surface area contributed by atoms with Crippen molar-refractivity contribution in [2.24, 2.45) is 0 Å². The minimum atomic E-state index is -0.309. The van der Waals surface area contributed by atoms with Crippen molar-refractivity contribution >= 4 is 0 Å². The number of aliphatic hydroxyl groups excluding tert-OH is 1. The van der Waals surface area contributed by atoms with Crippen molar-refractivity contribution in [3.05, 3.63) is 0 Å². The molecule has 0 aromatic rings. The van der Waals surface area contributed by atoms with Crippen molar-refractivity contribution < 1.29 is 5.11 Å². The summed E-state index contributed by atoms with van der Waals surface area (Å²) in [6.07, 6.45) is 0.785. The lowest BCUT2D eigenvalue weighted by Gasteiger charge is -2.32. The topological polar surface area (TPSA) is 32.3 Å². The Balaban J connectivity index is 3.90. The maximum absolute atomic E-state index is 9.36. The van der Waals surface area contributed by atoms with Crippen LogP contribution in [0, 0.1) is 0 Å². The first-order chi connectivity index (χ1) is 4.90. The molecule has 2 N–H and O–H groups in total. The summed E-state index contributed by atoms with van der Waals surface area (Å²) in [6.45, 7) is 10.1. The van der Waals surface area contributed by atoms with Crippen molar-refractivity contribution in [3.63, 3.8) is 0 Å². The van der Waals surface area contributed by atoms with Gasteiger partial charge < -0.3 is 10.4 Å². The molecule has 0 aromatic heterocycles. The van der Waals surface area contributed by atoms with Crippen molar-refractivity contribution in [3.8, 4) is 0 Å². The SMILES string of the molecule is CCC(C)NC(C)(C)C(C)O. The van der Waals surface area contributed by atoms with Crippen LogP contribution in [0.1, 0.15) is 41.0 Å². The largest absolute Gasteiger partial charge is 0.392 e. The fourth-order valence-electron chi connectivity index (χ4n) is 0.858. The lowest BCUT2D eigenvalue weighted by atomic mass is 9.97. The van der Waals surface area contributed by atoms with E-state index in [4.69, 9.17) is 0 Å². The smallest absolute Gasteiger partial charge is 0.0688 e. The van der Waals surface area contributed by atoms with E-state index in [9.17, 15) is 5.11 Å². The second-order valence-corrected chi connectivity index (χ2v) is 3.85. The van der Waals surface area contributed by atoms with E-state index >= 15 is 0 Å². The van der Waals surface area contributed by atoms with Gasteiger partial charge in [-0.1, -0.05) is 6.92 Å². The number of aliphatic hydroxyl groups is 1. The van der Waals surface area contributed by atoms with Crippen LogP contribution in [0.3, 0.4) is 0 Å². The molecule has 2 nitrogen and oxygen atoms in total. The van der Waals surface area contributed by atoms with Gasteiger partial charge in [0.2, 0.25) is 0 Å². The highest BCUT2D eigenvalue weighted by Gasteiger charge is 2.24. The molecule has 0 aliphatic heterocycles. The fourth-order valence-corrected chi connectivity index (χ4v) is 0.858. The van der Waals surface area contributed by atoms with Gasteiger partial charge in [0.05, 0.1) is 6.10 Å². The first kappa shape index (κ1) is 10.9. The van der Waals surface area contributed by atoms with E-state index in [2.05, 4.69) is 19.2 Å². The van der Waals surface area contributed by atoms with Gasteiger partial charge in [-0.15, -0.1) is 0 Å². The molecule has 2 atom stereocenters. The lowest BCUT2D eigenvalue weighted by Crippen LogP contribution is -2.51. The molecule has 2 heteroatoms. The summed E-state index contributed by atoms with van der Waals surface area (Å²) in [4.78, 5) is 0. The Bertz CT molecular complexity index is 110. The molecule has 0 radical (unpaired) electrons. The Morgan fingerprint density at radius 3 is 2.09 bits per heavy atom. The molecule has 11 heavy (non-hydrogen) atoms. The molecule has 0 heterocycles. The summed E-state index contributed by atoms with van der Waals surface area (Å²) in [6, 6.07) is 0.472. The molecule has 2 unspecified atom stereocenters. The third kappa shape index (κ3) is 3.73. The predicted molar refractivity (Wildman–Crippen MR) is 48.6 cm³/mol. The van der Waals surface area contributed by atoms with Crippen molar-refractivity contribution in [2.75, 3.05) is 0 Å². The van der Waals surface area contributed by atoms with Crippen molar-refractivity contribution in [1.29, 1.82) is 0 Å². The normalized spacial score (nSPS) is 18.0. The Morgan fingerprint density at radius 1 is 1.36 bits per heavy atom. The third-order valence-electron chi connectivity index (χ3n) is 2.28. The van der Waals surface area contributed by atoms with Crippen LogP contribution in [0.25, 0.3) is 0 Å². The quantitative estimate of drug-likeness (QED) is 0.652. The number of nitrogens with one attached hydrogen (secondary N) is 1. The molecule has 68 valence electrons. The van der Waals surface area contributed by atoms with Gasteiger partial charge in [0.1, 0.15) is 0 Å². The highest BCUT2D eigenvalue weighted by Crippen LogP contribution is 2.10. The van der Waals surface area contributed by atoms with Crippen LogP contribution in [0.15, 0.2) is 0 Å². The molecule has 0 amide bonds. The monoisotopic (exact) mass is 159 g/mol. The summed E-state index contributed by atoms with van der Waals surface area (Å²) in [5.41, 5.74) is -0.171. The van der Waals surface area contributed by atoms with Gasteiger partial charge in [0.15, 0.2) is 0 Å². The Morgan fingerprint density at radius 2 is 1.82 bits per heavy atom. The van der Waals surface area contributed by atoms with Gasteiger partial charge >= 0.3 is 0 Å². The Hall–Kier alpha value is -0.0800. The molecule has 0 fully saturated rings. The number of hydrogen-bond acceptors (Lipinski definition) is 2. The van der Waals surface area contributed by atoms with E-state index in [-0.39, 0.29) is 11.6 Å². The van der Waals surface area contributed by atoms with E-state index < -0.39 is 0 Å². The van der Waals surface area contributed by atoms with Crippen LogP contribution in [-0.4, -0.2) is 22.8 Å². The Labute approximate surface area is 70.0 Å². The highest BCUT2D eigenvalue weighted by atomic mass is 16.3. The van der Waals surface area contributed by atoms with Crippen LogP contribution in [-0.2, 0) is 0 Å². The molecule has 0 saturated carbocycles. The molecule has 0 rings (SSSR count). The molecule has 0 aliphatic rings. The van der Waals surface area contributed by atoms with Gasteiger partial charge in [-0.3, -0.25) is 0 Å². The standard InChI is InChI=1S/C9H21NO/c1-6-7(2)10-9(4,5)8(3)11/h7-8,10-11H,6H2,1-5H3. The van der Waals surface area contributed by atoms with Crippen LogP contribution >= 0.6 is 0 Å². The van der Waals surface area contributed by atoms with Crippen molar-refractivity contribution in [2.45, 2.75) is 58.7 Å². The first-order valence-electron chi connectivity index (χ1n) is 4.36. The Kier molecular flexibility index (Phi) is 4.04. The zero-order valence-corrected chi connectivity index (χ0v) is 8.31. The molecule has 0 aliphatic carbocycles. The molecule has 0 bridgehead atoms. The van der Waals surface area contributed by atoms with Crippen LogP contribution < -0.4 is 5.32 Å². The highest BCUT2D eigenvalue weighted by molar-refractivity contribution is 4.84. The van der Waals surface area contributed by atoms with E-state index in [1.807, 2.05) is 20.8 Å². The first-order valence-corrected chi connectivity index (χ1v) is 4.36. The van der Waals surface area contributed by atoms with Crippen LogP contribution in [0.2, 0.25) is 0 Å². The van der Waals surface area contributed by atoms with Gasteiger partial charge in [0, 0.05) is 11.6 Å². The van der Waals surface area contributed by atoms with Gasteiger partial charge in [-0.25, -0.2) is 0 Å². The summed E-state index contributed by atoms with van der Waals surface area (Å²) in [5, 5.41) is 12.7. The maximum atomic E-state index is 9.36. The summed E-state index contributed by atoms with van der Waals surface area (Å²) in [5.74, 6) is 0. The molecule has 0 aromatic carbocycles. The minimum Gasteiger partial charge on any atom is -0.392 e. The lowest BCUT2D eigenvalue weighted by molar-refractivity contribution is 0.0891. The molecular formula is C9H21NO. The van der Waals surface area contributed by atoms with E-state index in [1.54, 1.807) is 0 Å². The fraction of sp³-hybridized carbons (Fsp3) is 1.00. The number of rotatable bonds is 4. The van der Waals surface area contributed by atoms with E-state index in [1.165, 1.54) is 0 Å². The minimum absolute atomic E-state index is 0.171. The number of hydrogen-bond donors (Lipinski definition) is 2. The van der Waals surface area contributed by atoms with Crippen molar-refractivity contribution in [1.82, 2.24) is 5.32 Å². The van der Waals surface area contributed by atoms with Crippen LogP contribution in [0.5, 0.6) is 0 Å². The summed E-state index contributed by atoms with van der Waals surface area (Å²) >= 11 is 0. The average molecular weight is 159 g/mol. The maximum Gasteiger partial charge on any atom is 0.0688 e. The summed E-state index contributed by atoms with van der Waals surface area (Å²) < 4.78 is 0. The zero-order valence-electron chi connectivity index (χ0n) is 8.31. The summed E-state index contributed by atoms with van der Waals surface area (Å²) in [7, 11) is 0.